The molecular formula is C35H42N4O4S. The molecule has 2 fully saturated rings. The fourth-order valence-corrected chi connectivity index (χ4v) is 9.83. The van der Waals surface area contributed by atoms with Crippen LogP contribution < -0.4 is 9.80 Å². The summed E-state index contributed by atoms with van der Waals surface area (Å²) in [7, 11) is 0. The van der Waals surface area contributed by atoms with Crippen molar-refractivity contribution < 1.29 is 19.5 Å². The first kappa shape index (κ1) is 30.5. The van der Waals surface area contributed by atoms with Crippen molar-refractivity contribution in [3.8, 4) is 0 Å². The first-order valence-electron chi connectivity index (χ1n) is 15.7. The highest BCUT2D eigenvalue weighted by Gasteiger charge is 2.74. The highest BCUT2D eigenvalue weighted by molar-refractivity contribution is 8.02. The van der Waals surface area contributed by atoms with E-state index in [9.17, 15) is 19.5 Å². The van der Waals surface area contributed by atoms with Crippen LogP contribution in [0.1, 0.15) is 33.3 Å². The Hall–Kier alpha value is -3.56. The number of carbonyl (C=O) groups is 3. The number of rotatable bonds is 8. The molecule has 0 aromatic heterocycles. The minimum absolute atomic E-state index is 0.0738. The molecule has 4 aliphatic heterocycles. The second-order valence-electron chi connectivity index (χ2n) is 12.4. The monoisotopic (exact) mass is 614 g/mol. The molecule has 1 spiro atoms. The van der Waals surface area contributed by atoms with Gasteiger partial charge in [-0.25, -0.2) is 0 Å². The lowest BCUT2D eigenvalue weighted by Crippen LogP contribution is -2.56. The van der Waals surface area contributed by atoms with E-state index in [2.05, 4.69) is 24.8 Å². The zero-order valence-electron chi connectivity index (χ0n) is 25.9. The minimum Gasteiger partial charge on any atom is -0.394 e. The van der Waals surface area contributed by atoms with Crippen LogP contribution in [0.15, 0.2) is 78.9 Å². The van der Waals surface area contributed by atoms with E-state index in [0.717, 1.165) is 30.0 Å². The van der Waals surface area contributed by atoms with Gasteiger partial charge in [0.05, 0.1) is 29.2 Å². The van der Waals surface area contributed by atoms with Crippen LogP contribution in [0.3, 0.4) is 0 Å². The standard InChI is InChI=1S/C35H42N4O4S/c1-5-36(6-2)26-14-16-27(17-15-26)38-21-11-19-35-29(32(42)39(24(3)23-40)30(35)33(38)43)28-31(41)37(20-10-18-34(28,4)44-35)22-25-12-8-7-9-13-25/h7-19,24,28-30,40H,5-6,20-23H2,1-4H3/t24-,28+,29+,30?,34-,35+/m1/s1. The molecule has 4 heterocycles. The molecule has 1 unspecified atom stereocenters. The van der Waals surface area contributed by atoms with Crippen LogP contribution in [0.5, 0.6) is 0 Å². The molecule has 0 radical (unpaired) electrons. The van der Waals surface area contributed by atoms with Crippen molar-refractivity contribution in [1.82, 2.24) is 9.80 Å². The predicted molar refractivity (Wildman–Crippen MR) is 175 cm³/mol. The number of hydrogen-bond donors (Lipinski definition) is 1. The van der Waals surface area contributed by atoms with Gasteiger partial charge in [-0.05, 0) is 57.5 Å². The Morgan fingerprint density at radius 2 is 1.59 bits per heavy atom. The number of amides is 3. The van der Waals surface area contributed by atoms with Crippen molar-refractivity contribution in [2.45, 2.75) is 55.8 Å². The van der Waals surface area contributed by atoms with Crippen molar-refractivity contribution in [3.05, 3.63) is 84.5 Å². The highest BCUT2D eigenvalue weighted by Crippen LogP contribution is 2.66. The summed E-state index contributed by atoms with van der Waals surface area (Å²) in [6.07, 6.45) is 8.13. The van der Waals surface area contributed by atoms with Crippen LogP contribution in [0, 0.1) is 11.8 Å². The lowest BCUT2D eigenvalue weighted by molar-refractivity contribution is -0.145. The summed E-state index contributed by atoms with van der Waals surface area (Å²) in [5, 5.41) is 10.3. The molecule has 0 aliphatic carbocycles. The van der Waals surface area contributed by atoms with Gasteiger partial charge < -0.3 is 24.7 Å². The summed E-state index contributed by atoms with van der Waals surface area (Å²) in [5.74, 6) is -1.90. The van der Waals surface area contributed by atoms with Gasteiger partial charge in [0.1, 0.15) is 6.04 Å². The van der Waals surface area contributed by atoms with Crippen molar-refractivity contribution >= 4 is 40.9 Å². The quantitative estimate of drug-likeness (QED) is 0.451. The fourth-order valence-electron chi connectivity index (χ4n) is 7.68. The van der Waals surface area contributed by atoms with Crippen molar-refractivity contribution in [1.29, 1.82) is 0 Å². The lowest BCUT2D eigenvalue weighted by Gasteiger charge is -2.39. The molecule has 4 aliphatic rings. The summed E-state index contributed by atoms with van der Waals surface area (Å²) in [6.45, 7) is 10.8. The van der Waals surface area contributed by atoms with Gasteiger partial charge in [0.15, 0.2) is 0 Å². The van der Waals surface area contributed by atoms with E-state index < -0.39 is 33.4 Å². The number of thioether (sulfide) groups is 1. The zero-order valence-corrected chi connectivity index (χ0v) is 26.7. The van der Waals surface area contributed by atoms with Crippen molar-refractivity contribution in [2.75, 3.05) is 42.6 Å². The highest BCUT2D eigenvalue weighted by atomic mass is 32.2. The van der Waals surface area contributed by atoms with E-state index >= 15 is 0 Å². The molecule has 8 nitrogen and oxygen atoms in total. The van der Waals surface area contributed by atoms with Crippen molar-refractivity contribution in [2.24, 2.45) is 11.8 Å². The number of likely N-dealkylation sites (tertiary alicyclic amines) is 1. The van der Waals surface area contributed by atoms with E-state index in [0.29, 0.717) is 19.6 Å². The third kappa shape index (κ3) is 4.76. The summed E-state index contributed by atoms with van der Waals surface area (Å²) in [5.41, 5.74) is 2.87. The average molecular weight is 615 g/mol. The first-order valence-corrected chi connectivity index (χ1v) is 16.5. The smallest absolute Gasteiger partial charge is 0.251 e. The Balaban J connectivity index is 1.40. The van der Waals surface area contributed by atoms with Gasteiger partial charge in [-0.2, -0.15) is 0 Å². The number of fused-ring (bicyclic) bond motifs is 2. The average Bonchev–Trinajstić information content (AvgIpc) is 3.31. The van der Waals surface area contributed by atoms with E-state index in [1.165, 1.54) is 0 Å². The molecule has 3 amide bonds. The number of anilines is 2. The molecule has 232 valence electrons. The zero-order chi connectivity index (χ0) is 31.2. The number of benzene rings is 2. The number of aliphatic hydroxyl groups excluding tert-OH is 1. The number of nitrogens with zero attached hydrogens (tertiary/aromatic N) is 4. The van der Waals surface area contributed by atoms with Crippen LogP contribution in [0.4, 0.5) is 11.4 Å². The predicted octanol–water partition coefficient (Wildman–Crippen LogP) is 4.10. The van der Waals surface area contributed by atoms with Gasteiger partial charge in [0, 0.05) is 48.8 Å². The summed E-state index contributed by atoms with van der Waals surface area (Å²) >= 11 is 1.57. The van der Waals surface area contributed by atoms with Crippen molar-refractivity contribution in [3.63, 3.8) is 0 Å². The number of hydrogen-bond acceptors (Lipinski definition) is 6. The molecule has 6 rings (SSSR count). The summed E-state index contributed by atoms with van der Waals surface area (Å²) in [4.78, 5) is 51.1. The molecule has 2 aromatic carbocycles. The third-order valence-corrected chi connectivity index (χ3v) is 11.6. The van der Waals surface area contributed by atoms with Gasteiger partial charge in [0.25, 0.3) is 5.91 Å². The maximum atomic E-state index is 14.7. The van der Waals surface area contributed by atoms with E-state index in [1.54, 1.807) is 28.5 Å². The molecule has 44 heavy (non-hydrogen) atoms. The summed E-state index contributed by atoms with van der Waals surface area (Å²) < 4.78 is -1.64. The molecule has 0 bridgehead atoms. The molecule has 0 saturated carbocycles. The Labute approximate surface area is 264 Å². The Bertz CT molecular complexity index is 1480. The number of aliphatic hydroxyl groups is 1. The molecular weight excluding hydrogens is 572 g/mol. The molecule has 6 atom stereocenters. The van der Waals surface area contributed by atoms with E-state index in [4.69, 9.17) is 0 Å². The van der Waals surface area contributed by atoms with Gasteiger partial charge in [-0.3, -0.25) is 14.4 Å². The second kappa shape index (κ2) is 11.7. The van der Waals surface area contributed by atoms with Crippen LogP contribution in [-0.4, -0.2) is 87.0 Å². The Morgan fingerprint density at radius 3 is 2.25 bits per heavy atom. The minimum atomic E-state index is -0.956. The number of carbonyl (C=O) groups excluding carboxylic acids is 3. The summed E-state index contributed by atoms with van der Waals surface area (Å²) in [6, 6.07) is 16.4. The second-order valence-corrected chi connectivity index (χ2v) is 14.2. The van der Waals surface area contributed by atoms with Gasteiger partial charge in [-0.1, -0.05) is 54.6 Å². The topological polar surface area (TPSA) is 84.4 Å². The van der Waals surface area contributed by atoms with Crippen LogP contribution >= 0.6 is 11.8 Å². The maximum Gasteiger partial charge on any atom is 0.251 e. The molecule has 1 N–H and O–H groups in total. The van der Waals surface area contributed by atoms with Crippen LogP contribution in [0.25, 0.3) is 0 Å². The normalized spacial score (nSPS) is 30.2. The van der Waals surface area contributed by atoms with E-state index in [-0.39, 0.29) is 24.3 Å². The fraction of sp³-hybridized carbons (Fsp3) is 0.457. The van der Waals surface area contributed by atoms with Crippen LogP contribution in [-0.2, 0) is 20.9 Å². The molecule has 2 saturated heterocycles. The maximum absolute atomic E-state index is 14.7. The van der Waals surface area contributed by atoms with Gasteiger partial charge >= 0.3 is 0 Å². The lowest BCUT2D eigenvalue weighted by atomic mass is 9.74. The van der Waals surface area contributed by atoms with Gasteiger partial charge in [-0.15, -0.1) is 11.8 Å². The first-order chi connectivity index (χ1) is 21.2. The van der Waals surface area contributed by atoms with Crippen LogP contribution in [0.2, 0.25) is 0 Å². The SMILES string of the molecule is CCN(CC)c1ccc(N2CC=C[C@]34S[C@]5(C)C=CCN(Cc6ccccc6)C(=O)[C@@H]5[C@H]3C(=O)N([C@H](C)CO)C4C2=O)cc1. The van der Waals surface area contributed by atoms with Gasteiger partial charge in [0.2, 0.25) is 11.8 Å². The largest absolute Gasteiger partial charge is 0.394 e. The van der Waals surface area contributed by atoms with E-state index in [1.807, 2.05) is 84.6 Å². The molecule has 2 aromatic rings. The Kier molecular flexibility index (Phi) is 8.13. The third-order valence-electron chi connectivity index (χ3n) is 9.82. The molecule has 9 heteroatoms. The Morgan fingerprint density at radius 1 is 0.909 bits per heavy atom.